The molecule has 1 aliphatic rings. The van der Waals surface area contributed by atoms with Crippen LogP contribution in [0.2, 0.25) is 0 Å². The summed E-state index contributed by atoms with van der Waals surface area (Å²) in [6, 6.07) is 0.800. The van der Waals surface area contributed by atoms with E-state index in [4.69, 9.17) is 0 Å². The molecule has 0 aliphatic heterocycles. The lowest BCUT2D eigenvalue weighted by Gasteiger charge is -1.99. The molecular formula is C8H12N2S. The first-order chi connectivity index (χ1) is 5.36. The van der Waals surface area contributed by atoms with E-state index in [9.17, 15) is 0 Å². The number of aryl methyl sites for hydroxylation is 1. The maximum Gasteiger partial charge on any atom is 0.0454 e. The average molecular weight is 168 g/mol. The lowest BCUT2D eigenvalue weighted by molar-refractivity contribution is 0.686. The third kappa shape index (κ3) is 1.79. The predicted octanol–water partition coefficient (Wildman–Crippen LogP) is 1.70. The summed E-state index contributed by atoms with van der Waals surface area (Å²) in [5.41, 5.74) is 1.36. The van der Waals surface area contributed by atoms with Gasteiger partial charge in [-0.1, -0.05) is 0 Å². The summed E-state index contributed by atoms with van der Waals surface area (Å²) in [6.07, 6.45) is 4.68. The number of rotatable bonds is 3. The van der Waals surface area contributed by atoms with Crippen molar-refractivity contribution in [2.24, 2.45) is 0 Å². The second-order valence-electron chi connectivity index (χ2n) is 3.06. The Morgan fingerprint density at radius 1 is 1.73 bits per heavy atom. The lowest BCUT2D eigenvalue weighted by Crippen LogP contribution is -2.15. The molecule has 2 rings (SSSR count). The van der Waals surface area contributed by atoms with Gasteiger partial charge in [-0.3, -0.25) is 0 Å². The average Bonchev–Trinajstić information content (AvgIpc) is 2.73. The van der Waals surface area contributed by atoms with Crippen molar-refractivity contribution in [1.29, 1.82) is 0 Å². The molecule has 1 aliphatic carbocycles. The van der Waals surface area contributed by atoms with E-state index >= 15 is 0 Å². The van der Waals surface area contributed by atoms with Gasteiger partial charge in [-0.05, 0) is 36.9 Å². The van der Waals surface area contributed by atoms with Crippen molar-refractivity contribution < 1.29 is 0 Å². The largest absolute Gasteiger partial charge is 0.310 e. The molecule has 0 radical (unpaired) electrons. The maximum absolute atomic E-state index is 4.12. The predicted molar refractivity (Wildman–Crippen MR) is 46.7 cm³/mol. The molecule has 11 heavy (non-hydrogen) atoms. The second kappa shape index (κ2) is 2.91. The SMILES string of the molecule is Cc1sncc1CNC1CC1. The molecule has 60 valence electrons. The van der Waals surface area contributed by atoms with E-state index in [-0.39, 0.29) is 0 Å². The Morgan fingerprint density at radius 2 is 2.55 bits per heavy atom. The summed E-state index contributed by atoms with van der Waals surface area (Å²) >= 11 is 1.59. The van der Waals surface area contributed by atoms with Crippen LogP contribution in [0.5, 0.6) is 0 Å². The smallest absolute Gasteiger partial charge is 0.0454 e. The Hall–Kier alpha value is -0.410. The van der Waals surface area contributed by atoms with E-state index in [0.29, 0.717) is 0 Å². The molecule has 1 heterocycles. The lowest BCUT2D eigenvalue weighted by atomic mass is 10.3. The van der Waals surface area contributed by atoms with Gasteiger partial charge in [0.2, 0.25) is 0 Å². The fraction of sp³-hybridized carbons (Fsp3) is 0.625. The first-order valence-corrected chi connectivity index (χ1v) is 4.77. The summed E-state index contributed by atoms with van der Waals surface area (Å²) in [4.78, 5) is 1.35. The Morgan fingerprint density at radius 3 is 3.09 bits per heavy atom. The van der Waals surface area contributed by atoms with Crippen molar-refractivity contribution >= 4 is 11.5 Å². The van der Waals surface area contributed by atoms with Gasteiger partial charge in [-0.2, -0.15) is 0 Å². The number of nitrogens with zero attached hydrogens (tertiary/aromatic N) is 1. The van der Waals surface area contributed by atoms with Crippen molar-refractivity contribution in [1.82, 2.24) is 9.69 Å². The molecule has 1 aromatic rings. The van der Waals surface area contributed by atoms with E-state index < -0.39 is 0 Å². The van der Waals surface area contributed by atoms with Crippen molar-refractivity contribution in [3.05, 3.63) is 16.6 Å². The topological polar surface area (TPSA) is 24.9 Å². The van der Waals surface area contributed by atoms with Crippen LogP contribution in [0, 0.1) is 6.92 Å². The summed E-state index contributed by atoms with van der Waals surface area (Å²) in [6.45, 7) is 3.13. The van der Waals surface area contributed by atoms with Gasteiger partial charge in [0.25, 0.3) is 0 Å². The van der Waals surface area contributed by atoms with Gasteiger partial charge < -0.3 is 5.32 Å². The molecule has 0 aromatic carbocycles. The summed E-state index contributed by atoms with van der Waals surface area (Å²) in [7, 11) is 0. The molecule has 2 nitrogen and oxygen atoms in total. The Labute approximate surface area is 70.8 Å². The van der Waals surface area contributed by atoms with Crippen LogP contribution >= 0.6 is 11.5 Å². The molecule has 1 saturated carbocycles. The van der Waals surface area contributed by atoms with E-state index in [2.05, 4.69) is 16.6 Å². The third-order valence-corrected chi connectivity index (χ3v) is 2.76. The van der Waals surface area contributed by atoms with Gasteiger partial charge in [0.1, 0.15) is 0 Å². The fourth-order valence-electron chi connectivity index (χ4n) is 1.03. The summed E-state index contributed by atoms with van der Waals surface area (Å²) in [5.74, 6) is 0. The van der Waals surface area contributed by atoms with E-state index in [1.165, 1.54) is 23.3 Å². The molecule has 0 spiro atoms. The molecule has 1 fully saturated rings. The third-order valence-electron chi connectivity index (χ3n) is 2.01. The van der Waals surface area contributed by atoms with Gasteiger partial charge in [0.15, 0.2) is 0 Å². The zero-order valence-electron chi connectivity index (χ0n) is 6.63. The van der Waals surface area contributed by atoms with Gasteiger partial charge in [-0.15, -0.1) is 0 Å². The zero-order valence-corrected chi connectivity index (χ0v) is 7.45. The van der Waals surface area contributed by atoms with Crippen LogP contribution in [0.4, 0.5) is 0 Å². The number of nitrogens with one attached hydrogen (secondary N) is 1. The highest BCUT2D eigenvalue weighted by molar-refractivity contribution is 7.05. The first kappa shape index (κ1) is 7.25. The molecule has 0 unspecified atom stereocenters. The highest BCUT2D eigenvalue weighted by atomic mass is 32.1. The van der Waals surface area contributed by atoms with Crippen LogP contribution in [0.15, 0.2) is 6.20 Å². The quantitative estimate of drug-likeness (QED) is 0.743. The van der Waals surface area contributed by atoms with Crippen molar-refractivity contribution in [3.8, 4) is 0 Å². The monoisotopic (exact) mass is 168 g/mol. The minimum absolute atomic E-state index is 0.800. The van der Waals surface area contributed by atoms with Crippen molar-refractivity contribution in [2.45, 2.75) is 32.4 Å². The minimum Gasteiger partial charge on any atom is -0.310 e. The van der Waals surface area contributed by atoms with E-state index in [1.54, 1.807) is 11.5 Å². The maximum atomic E-state index is 4.12. The van der Waals surface area contributed by atoms with Crippen LogP contribution < -0.4 is 5.32 Å². The molecule has 0 bridgehead atoms. The standard InChI is InChI=1S/C8H12N2S/c1-6-7(5-10-11-6)4-9-8-2-3-8/h5,8-9H,2-4H2,1H3. The zero-order chi connectivity index (χ0) is 7.68. The molecule has 0 atom stereocenters. The van der Waals surface area contributed by atoms with Crippen LogP contribution in [0.25, 0.3) is 0 Å². The van der Waals surface area contributed by atoms with Gasteiger partial charge >= 0.3 is 0 Å². The van der Waals surface area contributed by atoms with E-state index in [0.717, 1.165) is 12.6 Å². The Kier molecular flexibility index (Phi) is 1.92. The van der Waals surface area contributed by atoms with Crippen LogP contribution in [0.1, 0.15) is 23.3 Å². The summed E-state index contributed by atoms with van der Waals surface area (Å²) < 4.78 is 4.12. The minimum atomic E-state index is 0.800. The highest BCUT2D eigenvalue weighted by Crippen LogP contribution is 2.20. The number of hydrogen-bond donors (Lipinski definition) is 1. The van der Waals surface area contributed by atoms with Gasteiger partial charge in [0.05, 0.1) is 0 Å². The van der Waals surface area contributed by atoms with Crippen LogP contribution in [0.3, 0.4) is 0 Å². The molecule has 1 N–H and O–H groups in total. The molecule has 0 amide bonds. The number of hydrogen-bond acceptors (Lipinski definition) is 3. The Bertz CT molecular complexity index is 240. The second-order valence-corrected chi connectivity index (χ2v) is 4.07. The normalized spacial score (nSPS) is 17.2. The molecule has 0 saturated heterocycles. The van der Waals surface area contributed by atoms with Gasteiger partial charge in [0, 0.05) is 23.7 Å². The van der Waals surface area contributed by atoms with Gasteiger partial charge in [-0.25, -0.2) is 4.37 Å². The molecule has 3 heteroatoms. The number of aromatic nitrogens is 1. The first-order valence-electron chi connectivity index (χ1n) is 4.00. The van der Waals surface area contributed by atoms with Crippen LogP contribution in [-0.2, 0) is 6.54 Å². The molecular weight excluding hydrogens is 156 g/mol. The van der Waals surface area contributed by atoms with Crippen molar-refractivity contribution in [2.75, 3.05) is 0 Å². The highest BCUT2D eigenvalue weighted by Gasteiger charge is 2.20. The molecule has 1 aromatic heterocycles. The van der Waals surface area contributed by atoms with E-state index in [1.807, 2.05) is 6.20 Å². The van der Waals surface area contributed by atoms with Crippen molar-refractivity contribution in [3.63, 3.8) is 0 Å². The van der Waals surface area contributed by atoms with Crippen LogP contribution in [-0.4, -0.2) is 10.4 Å². The fourth-order valence-corrected chi connectivity index (χ4v) is 1.61. The summed E-state index contributed by atoms with van der Waals surface area (Å²) in [5, 5.41) is 3.47. The Balaban J connectivity index is 1.89.